The van der Waals surface area contributed by atoms with Crippen molar-refractivity contribution >= 4 is 33.4 Å². The van der Waals surface area contributed by atoms with E-state index in [2.05, 4.69) is 16.4 Å². The van der Waals surface area contributed by atoms with Gasteiger partial charge in [0.2, 0.25) is 5.78 Å². The number of ketones is 1. The number of carbonyl (C=O) groups is 1. The van der Waals surface area contributed by atoms with E-state index in [1.807, 2.05) is 42.5 Å². The highest BCUT2D eigenvalue weighted by molar-refractivity contribution is 7.99. The van der Waals surface area contributed by atoms with Gasteiger partial charge in [-0.25, -0.2) is 0 Å². The molecule has 28 heavy (non-hydrogen) atoms. The van der Waals surface area contributed by atoms with Crippen LogP contribution in [0.1, 0.15) is 49.4 Å². The highest BCUT2D eigenvalue weighted by atomic mass is 32.2. The molecule has 2 aromatic rings. The Morgan fingerprint density at radius 1 is 0.964 bits per heavy atom. The topological polar surface area (TPSA) is 72.8 Å². The molecular weight excluding hydrogens is 394 g/mol. The van der Waals surface area contributed by atoms with Gasteiger partial charge in [-0.05, 0) is 49.2 Å². The van der Waals surface area contributed by atoms with Crippen LogP contribution in [0.5, 0.6) is 0 Å². The van der Waals surface area contributed by atoms with Gasteiger partial charge < -0.3 is 0 Å². The molecule has 5 nitrogen and oxygen atoms in total. The van der Waals surface area contributed by atoms with Crippen molar-refractivity contribution in [2.24, 2.45) is 5.16 Å². The van der Waals surface area contributed by atoms with Gasteiger partial charge in [0, 0.05) is 15.4 Å². The average molecular weight is 420 g/mol. The van der Waals surface area contributed by atoms with Crippen LogP contribution in [0.3, 0.4) is 0 Å². The van der Waals surface area contributed by atoms with E-state index in [0.29, 0.717) is 12.0 Å². The van der Waals surface area contributed by atoms with Gasteiger partial charge in [0.25, 0.3) is 0 Å². The maximum Gasteiger partial charge on any atom is 0.325 e. The minimum absolute atomic E-state index is 0.130. The summed E-state index contributed by atoms with van der Waals surface area (Å²) in [4.78, 5) is 14.9. The fourth-order valence-electron chi connectivity index (χ4n) is 2.50. The fraction of sp³-hybridized carbons (Fsp3) is 0.333. The first-order valence-corrected chi connectivity index (χ1v) is 11.9. The van der Waals surface area contributed by atoms with Gasteiger partial charge in [0.15, 0.2) is 0 Å². The summed E-state index contributed by atoms with van der Waals surface area (Å²) in [5.41, 5.74) is 0.591. The molecule has 0 spiro atoms. The van der Waals surface area contributed by atoms with Crippen molar-refractivity contribution in [2.45, 2.75) is 48.8 Å². The Kier molecular flexibility index (Phi) is 8.73. The predicted molar refractivity (Wildman–Crippen MR) is 113 cm³/mol. The van der Waals surface area contributed by atoms with Crippen LogP contribution in [-0.2, 0) is 14.4 Å². The van der Waals surface area contributed by atoms with Gasteiger partial charge in [-0.2, -0.15) is 8.42 Å². The van der Waals surface area contributed by atoms with Crippen molar-refractivity contribution in [3.05, 3.63) is 60.2 Å². The highest BCUT2D eigenvalue weighted by Gasteiger charge is 2.16. The smallest absolute Gasteiger partial charge is 0.287 e. The van der Waals surface area contributed by atoms with Crippen molar-refractivity contribution in [3.8, 4) is 0 Å². The number of rotatable bonds is 11. The fourth-order valence-corrected chi connectivity index (χ4v) is 3.56. The van der Waals surface area contributed by atoms with Crippen LogP contribution >= 0.6 is 11.8 Å². The van der Waals surface area contributed by atoms with Gasteiger partial charge in [0.05, 0.1) is 6.26 Å². The van der Waals surface area contributed by atoms with Crippen LogP contribution in [0.2, 0.25) is 0 Å². The molecule has 0 bridgehead atoms. The Bertz CT molecular complexity index is 892. The first kappa shape index (κ1) is 22.2. The van der Waals surface area contributed by atoms with Crippen LogP contribution in [0.25, 0.3) is 0 Å². The molecule has 0 fully saturated rings. The molecule has 2 aromatic carbocycles. The Morgan fingerprint density at radius 2 is 1.61 bits per heavy atom. The molecule has 7 heteroatoms. The van der Waals surface area contributed by atoms with Crippen molar-refractivity contribution in [1.82, 2.24) is 0 Å². The molecule has 0 aliphatic rings. The standard InChI is InChI=1S/C21H25NO4S2/c1-3-4-5-9-12-20(22-26-28(2,24)25)21(23)17-13-15-19(16-14-17)27-18-10-7-6-8-11-18/h6-8,10-11,13-16H,3-5,9,12H2,1-2H3/b22-20+. The zero-order chi connectivity index (χ0) is 20.4. The lowest BCUT2D eigenvalue weighted by Crippen LogP contribution is -2.16. The summed E-state index contributed by atoms with van der Waals surface area (Å²) < 4.78 is 27.0. The van der Waals surface area contributed by atoms with Gasteiger partial charge in [-0.15, -0.1) is 0 Å². The lowest BCUT2D eigenvalue weighted by molar-refractivity contribution is 0.106. The monoisotopic (exact) mass is 419 g/mol. The molecule has 0 saturated heterocycles. The molecule has 0 atom stereocenters. The summed E-state index contributed by atoms with van der Waals surface area (Å²) in [7, 11) is -3.75. The zero-order valence-corrected chi connectivity index (χ0v) is 17.8. The van der Waals surface area contributed by atoms with Crippen LogP contribution in [0.4, 0.5) is 0 Å². The van der Waals surface area contributed by atoms with E-state index in [4.69, 9.17) is 0 Å². The number of Topliss-reactive ketones (excluding diaryl/α,β-unsaturated/α-hetero) is 1. The molecular formula is C21H25NO4S2. The summed E-state index contributed by atoms with van der Waals surface area (Å²) in [6, 6.07) is 17.2. The number of hydrogen-bond acceptors (Lipinski definition) is 6. The van der Waals surface area contributed by atoms with E-state index in [1.54, 1.807) is 23.9 Å². The highest BCUT2D eigenvalue weighted by Crippen LogP contribution is 2.27. The molecule has 0 unspecified atom stereocenters. The third-order valence-corrected chi connectivity index (χ3v) is 5.27. The summed E-state index contributed by atoms with van der Waals surface area (Å²) >= 11 is 1.60. The quantitative estimate of drug-likeness (QED) is 0.213. The van der Waals surface area contributed by atoms with Crippen LogP contribution in [-0.4, -0.2) is 26.2 Å². The van der Waals surface area contributed by atoms with E-state index in [-0.39, 0.29) is 11.5 Å². The van der Waals surface area contributed by atoms with Crippen molar-refractivity contribution < 1.29 is 17.5 Å². The second-order valence-electron chi connectivity index (χ2n) is 6.40. The maximum absolute atomic E-state index is 12.8. The van der Waals surface area contributed by atoms with Gasteiger partial charge in [-0.3, -0.25) is 9.08 Å². The summed E-state index contributed by atoms with van der Waals surface area (Å²) in [6.45, 7) is 2.10. The first-order valence-electron chi connectivity index (χ1n) is 9.22. The van der Waals surface area contributed by atoms with Crippen LogP contribution in [0, 0.1) is 0 Å². The Labute approximate surface area is 171 Å². The second kappa shape index (κ2) is 11.0. The summed E-state index contributed by atoms with van der Waals surface area (Å²) in [5, 5.41) is 3.63. The third-order valence-electron chi connectivity index (χ3n) is 3.91. The van der Waals surface area contributed by atoms with Gasteiger partial charge in [0.1, 0.15) is 5.71 Å². The van der Waals surface area contributed by atoms with Crippen LogP contribution in [0.15, 0.2) is 69.5 Å². The van der Waals surface area contributed by atoms with Gasteiger partial charge >= 0.3 is 10.1 Å². The third kappa shape index (κ3) is 7.86. The van der Waals surface area contributed by atoms with E-state index >= 15 is 0 Å². The number of nitrogens with zero attached hydrogens (tertiary/aromatic N) is 1. The van der Waals surface area contributed by atoms with E-state index in [9.17, 15) is 13.2 Å². The maximum atomic E-state index is 12.8. The van der Waals surface area contributed by atoms with E-state index < -0.39 is 10.1 Å². The number of benzene rings is 2. The number of unbranched alkanes of at least 4 members (excludes halogenated alkanes) is 3. The molecule has 2 rings (SSSR count). The second-order valence-corrected chi connectivity index (χ2v) is 9.10. The molecule has 0 saturated carbocycles. The minimum atomic E-state index is -3.75. The van der Waals surface area contributed by atoms with E-state index in [1.165, 1.54) is 0 Å². The molecule has 0 aliphatic heterocycles. The Balaban J connectivity index is 2.11. The predicted octanol–water partition coefficient (Wildman–Crippen LogP) is 5.32. The van der Waals surface area contributed by atoms with Gasteiger partial charge in [-0.1, -0.05) is 61.3 Å². The normalized spacial score (nSPS) is 12.0. The lowest BCUT2D eigenvalue weighted by Gasteiger charge is -2.07. The molecule has 0 aliphatic carbocycles. The molecule has 0 amide bonds. The summed E-state index contributed by atoms with van der Waals surface area (Å²) in [6.07, 6.45) is 5.13. The average Bonchev–Trinajstić information content (AvgIpc) is 2.67. The van der Waals surface area contributed by atoms with E-state index in [0.717, 1.165) is 41.7 Å². The Morgan fingerprint density at radius 3 is 2.21 bits per heavy atom. The number of hydrogen-bond donors (Lipinski definition) is 0. The SMILES string of the molecule is CCCCCC/C(=N\OS(C)(=O)=O)C(=O)c1ccc(Sc2ccccc2)cc1. The molecule has 150 valence electrons. The van der Waals surface area contributed by atoms with Crippen molar-refractivity contribution in [3.63, 3.8) is 0 Å². The molecule has 0 N–H and O–H groups in total. The molecule has 0 radical (unpaired) electrons. The Hall–Kier alpha value is -2.12. The largest absolute Gasteiger partial charge is 0.325 e. The minimum Gasteiger partial charge on any atom is -0.287 e. The van der Waals surface area contributed by atoms with Crippen molar-refractivity contribution in [2.75, 3.05) is 6.26 Å². The zero-order valence-electron chi connectivity index (χ0n) is 16.1. The lowest BCUT2D eigenvalue weighted by atomic mass is 10.0. The summed E-state index contributed by atoms with van der Waals surface area (Å²) in [5.74, 6) is -0.309. The van der Waals surface area contributed by atoms with Crippen LogP contribution < -0.4 is 0 Å². The van der Waals surface area contributed by atoms with Crippen molar-refractivity contribution in [1.29, 1.82) is 0 Å². The first-order chi connectivity index (χ1) is 13.4. The number of oxime groups is 1. The molecule has 0 aromatic heterocycles. The molecule has 0 heterocycles. The number of carbonyl (C=O) groups excluding carboxylic acids is 1.